The Morgan fingerprint density at radius 1 is 1.52 bits per heavy atom. The lowest BCUT2D eigenvalue weighted by Gasteiger charge is -2.41. The first-order valence-electron chi connectivity index (χ1n) is 10.5. The van der Waals surface area contributed by atoms with Crippen molar-refractivity contribution in [2.75, 3.05) is 20.3 Å². The number of aliphatic hydroxyl groups is 1. The standard InChI is InChI=1S/C18H30FN2O3P.CH4O/c1-11(2)21(12(3)4)25(22-8-7-20-6)24-18-10-14-9-15(14)17(18)23-13(5)16(18)19;1-2/h11-17H,7-10H2,1-5H3;2H,1H3/t13-,14-,15-,16-,17+,18-,25?;/m0./s1/i15D;2T. The fourth-order valence-corrected chi connectivity index (χ4v) is 6.09. The molecule has 1 saturated heterocycles. The Bertz CT molecular complexity index is 591. The highest BCUT2D eigenvalue weighted by Gasteiger charge is 2.71. The van der Waals surface area contributed by atoms with Crippen LogP contribution in [0.4, 0.5) is 4.39 Å². The highest BCUT2D eigenvalue weighted by molar-refractivity contribution is 7.44. The molecule has 0 amide bonds. The molecule has 0 aromatic rings. The van der Waals surface area contributed by atoms with Crippen molar-refractivity contribution in [2.45, 2.75) is 83.5 Å². The monoisotopic (exact) mass is 407 g/mol. The lowest BCUT2D eigenvalue weighted by molar-refractivity contribution is -0.0428. The van der Waals surface area contributed by atoms with Crippen molar-refractivity contribution in [3.8, 4) is 0 Å². The van der Waals surface area contributed by atoms with Crippen LogP contribution < -0.4 is 0 Å². The predicted octanol–water partition coefficient (Wildman–Crippen LogP) is 3.80. The third-order valence-electron chi connectivity index (χ3n) is 5.32. The van der Waals surface area contributed by atoms with E-state index >= 15 is 4.39 Å². The van der Waals surface area contributed by atoms with E-state index in [1.165, 1.54) is 7.11 Å². The minimum absolute atomic E-state index is 0.143. The maximum absolute atomic E-state index is 15.3. The van der Waals surface area contributed by atoms with E-state index in [4.69, 9.17) is 23.2 Å². The smallest absolute Gasteiger partial charge is 0.260 e. The van der Waals surface area contributed by atoms with Crippen LogP contribution in [0.3, 0.4) is 0 Å². The van der Waals surface area contributed by atoms with E-state index in [0.29, 0.717) is 6.42 Å². The average Bonchev–Trinajstić information content (AvgIpc) is 3.12. The normalized spacial score (nSPS) is 41.4. The van der Waals surface area contributed by atoms with E-state index in [0.717, 1.165) is 6.42 Å². The van der Waals surface area contributed by atoms with Crippen LogP contribution in [0.1, 0.15) is 48.8 Å². The quantitative estimate of drug-likeness (QED) is 0.377. The number of rotatable bonds is 8. The third-order valence-corrected chi connectivity index (χ3v) is 7.52. The molecule has 1 heterocycles. The Labute approximate surface area is 167 Å². The molecule has 0 bridgehead atoms. The summed E-state index contributed by atoms with van der Waals surface area (Å²) < 4.78 is 50.0. The number of aliphatic hydroxyl groups excluding tert-OH is 1. The molecule has 1 aliphatic heterocycles. The fraction of sp³-hybridized carbons (Fsp3) is 0.947. The van der Waals surface area contributed by atoms with Crippen LogP contribution in [0.5, 0.6) is 0 Å². The van der Waals surface area contributed by atoms with Gasteiger partial charge in [-0.05, 0) is 59.3 Å². The summed E-state index contributed by atoms with van der Waals surface area (Å²) in [5.41, 5.74) is -1.10. The maximum Gasteiger partial charge on any atom is 0.260 e. The van der Waals surface area contributed by atoms with Gasteiger partial charge in [0.05, 0.1) is 12.2 Å². The highest BCUT2D eigenvalue weighted by Crippen LogP contribution is 2.66. The Morgan fingerprint density at radius 3 is 2.70 bits per heavy atom. The Morgan fingerprint density at radius 2 is 2.15 bits per heavy atom. The zero-order chi connectivity index (χ0) is 22.0. The predicted molar refractivity (Wildman–Crippen MR) is 104 cm³/mol. The first-order valence-corrected chi connectivity index (χ1v) is 10.7. The number of ether oxygens (including phenoxy) is 1. The minimum Gasteiger partial charge on any atom is -0.400 e. The van der Waals surface area contributed by atoms with Gasteiger partial charge in [0.1, 0.15) is 12.2 Å². The second-order valence-corrected chi connectivity index (χ2v) is 9.25. The average molecular weight is 407 g/mol. The lowest BCUT2D eigenvalue weighted by Crippen LogP contribution is -2.47. The molecule has 0 spiro atoms. The van der Waals surface area contributed by atoms with Gasteiger partial charge in [-0.1, -0.05) is 0 Å². The molecule has 0 aromatic heterocycles. The van der Waals surface area contributed by atoms with Gasteiger partial charge in [-0.3, -0.25) is 0 Å². The van der Waals surface area contributed by atoms with Gasteiger partial charge in [0, 0.05) is 20.6 Å². The number of fused-ring (bicyclic) bond motifs is 3. The van der Waals surface area contributed by atoms with Gasteiger partial charge in [-0.2, -0.15) is 0 Å². The summed E-state index contributed by atoms with van der Waals surface area (Å²) in [6.45, 7) is 17.4. The van der Waals surface area contributed by atoms with Crippen LogP contribution in [0.2, 0.25) is 0 Å². The number of nitrogens with zero attached hydrogens (tertiary/aromatic N) is 2. The van der Waals surface area contributed by atoms with E-state index in [-0.39, 0.29) is 31.2 Å². The maximum atomic E-state index is 15.3. The second kappa shape index (κ2) is 9.43. The van der Waals surface area contributed by atoms with E-state index in [2.05, 4.69) is 42.3 Å². The first-order chi connectivity index (χ1) is 13.6. The minimum atomic E-state index is -1.55. The largest absolute Gasteiger partial charge is 0.400 e. The van der Waals surface area contributed by atoms with Crippen molar-refractivity contribution in [1.29, 1.82) is 1.43 Å². The van der Waals surface area contributed by atoms with E-state index in [1.807, 2.05) is 0 Å². The Kier molecular flexibility index (Phi) is 6.97. The molecule has 3 aliphatic rings. The van der Waals surface area contributed by atoms with Gasteiger partial charge in [0.25, 0.3) is 8.53 Å². The molecule has 1 unspecified atom stereocenters. The van der Waals surface area contributed by atoms with Gasteiger partial charge in [-0.25, -0.2) is 15.6 Å². The SMILES string of the molecule is [2H][C@]12C[C@H]1C[C@@]1(OP(OCC[N+]#[C-])N(C(C)C)C(C)C)[C@@H]2O[C@@H](C)[C@@H]1F.[3H]OC. The van der Waals surface area contributed by atoms with Crippen LogP contribution in [-0.4, -0.2) is 67.5 Å². The molecular formula is C19H34FN2O4P. The van der Waals surface area contributed by atoms with Crippen LogP contribution in [0.15, 0.2) is 0 Å². The fourth-order valence-electron chi connectivity index (χ4n) is 4.26. The molecule has 2 saturated carbocycles. The number of hydrogen-bond acceptors (Lipinski definition) is 5. The molecule has 0 aromatic carbocycles. The summed E-state index contributed by atoms with van der Waals surface area (Å²) in [6.07, 6.45) is -1.10. The second-order valence-electron chi connectivity index (χ2n) is 7.87. The van der Waals surface area contributed by atoms with Gasteiger partial charge in [-0.15, -0.1) is 0 Å². The van der Waals surface area contributed by atoms with Crippen LogP contribution in [0, 0.1) is 18.4 Å². The molecule has 1 N–H and O–H groups in total. The number of hydrogen-bond donors (Lipinski definition) is 1. The molecule has 0 radical (unpaired) electrons. The molecule has 2 aliphatic carbocycles. The van der Waals surface area contributed by atoms with E-state index in [1.54, 1.807) is 6.92 Å². The van der Waals surface area contributed by atoms with Crippen LogP contribution in [0.25, 0.3) is 4.85 Å². The molecule has 27 heavy (non-hydrogen) atoms. The van der Waals surface area contributed by atoms with Gasteiger partial charge in [0.15, 0.2) is 6.17 Å². The summed E-state index contributed by atoms with van der Waals surface area (Å²) in [6, 6.07) is 0.310. The molecule has 156 valence electrons. The highest BCUT2D eigenvalue weighted by atomic mass is 31.2. The summed E-state index contributed by atoms with van der Waals surface area (Å²) in [5.74, 6) is -0.572. The summed E-state index contributed by atoms with van der Waals surface area (Å²) in [5, 5.41) is 3.50. The van der Waals surface area contributed by atoms with Crippen molar-refractivity contribution < 1.29 is 24.7 Å². The van der Waals surface area contributed by atoms with Crippen molar-refractivity contribution in [2.24, 2.45) is 11.8 Å². The van der Waals surface area contributed by atoms with Crippen LogP contribution >= 0.6 is 8.53 Å². The molecule has 6 nitrogen and oxygen atoms in total. The first kappa shape index (κ1) is 19.9. The summed E-state index contributed by atoms with van der Waals surface area (Å²) in [7, 11) is -0.255. The van der Waals surface area contributed by atoms with E-state index in [9.17, 15) is 0 Å². The topological polar surface area (TPSA) is 55.5 Å². The molecule has 8 heteroatoms. The third kappa shape index (κ3) is 4.47. The zero-order valence-corrected chi connectivity index (χ0v) is 18.0. The van der Waals surface area contributed by atoms with Crippen molar-refractivity contribution >= 4 is 8.53 Å². The Hall–Kier alpha value is -0.350. The molecule has 3 fully saturated rings. The van der Waals surface area contributed by atoms with Crippen molar-refractivity contribution in [3.63, 3.8) is 0 Å². The van der Waals surface area contributed by atoms with Crippen LogP contribution in [-0.2, 0) is 13.8 Å². The lowest BCUT2D eigenvalue weighted by atomic mass is 9.90. The Balaban J connectivity index is 0.000000941. The molecule has 3 rings (SSSR count). The molecule has 7 atom stereocenters. The molecular weight excluding hydrogens is 370 g/mol. The zero-order valence-electron chi connectivity index (χ0n) is 19.1. The number of halogens is 1. The number of alkyl halides is 1. The van der Waals surface area contributed by atoms with E-state index < -0.39 is 38.4 Å². The summed E-state index contributed by atoms with van der Waals surface area (Å²) in [4.78, 5) is 3.34. The van der Waals surface area contributed by atoms with Gasteiger partial charge < -0.3 is 23.7 Å². The summed E-state index contributed by atoms with van der Waals surface area (Å²) >= 11 is 0. The van der Waals surface area contributed by atoms with Crippen molar-refractivity contribution in [1.82, 2.24) is 4.67 Å². The van der Waals surface area contributed by atoms with Gasteiger partial charge >= 0.3 is 0 Å². The van der Waals surface area contributed by atoms with Gasteiger partial charge in [0.2, 0.25) is 7.98 Å². The van der Waals surface area contributed by atoms with Crippen molar-refractivity contribution in [3.05, 3.63) is 11.4 Å².